The number of halogens is 1. The fourth-order valence-corrected chi connectivity index (χ4v) is 4.56. The van der Waals surface area contributed by atoms with Gasteiger partial charge in [0.2, 0.25) is 0 Å². The smallest absolute Gasteiger partial charge is 0.332 e. The molecule has 170 valence electrons. The summed E-state index contributed by atoms with van der Waals surface area (Å²) in [6, 6.07) is 4.62. The summed E-state index contributed by atoms with van der Waals surface area (Å²) >= 11 is 7.08. The van der Waals surface area contributed by atoms with Crippen LogP contribution in [0.15, 0.2) is 37.7 Å². The second-order valence-electron chi connectivity index (χ2n) is 7.60. The van der Waals surface area contributed by atoms with Gasteiger partial charge >= 0.3 is 5.69 Å². The number of aromatic nitrogens is 4. The average Bonchev–Trinajstić information content (AvgIpc) is 2.73. The van der Waals surface area contributed by atoms with Crippen LogP contribution in [-0.4, -0.2) is 30.2 Å². The Balaban J connectivity index is 2.05. The van der Waals surface area contributed by atoms with Gasteiger partial charge in [-0.05, 0) is 38.5 Å². The molecule has 0 bridgehead atoms. The fourth-order valence-electron chi connectivity index (χ4n) is 3.40. The molecule has 1 aromatic carbocycles. The number of rotatable bonds is 7. The Labute approximate surface area is 192 Å². The van der Waals surface area contributed by atoms with E-state index >= 15 is 0 Å². The molecular weight excluding hydrogens is 454 g/mol. The fraction of sp³-hybridized carbons (Fsp3) is 0.381. The third-order valence-electron chi connectivity index (χ3n) is 4.99. The maximum absolute atomic E-state index is 13.0. The molecule has 11 heteroatoms. The quantitative estimate of drug-likeness (QED) is 0.315. The molecule has 0 aliphatic heterocycles. The third kappa shape index (κ3) is 4.24. The number of nitrogen functional groups attached to an aromatic ring is 1. The molecule has 0 unspecified atom stereocenters. The summed E-state index contributed by atoms with van der Waals surface area (Å²) in [5.74, 6) is -0.881. The summed E-state index contributed by atoms with van der Waals surface area (Å²) in [6.45, 7) is 5.82. The van der Waals surface area contributed by atoms with Crippen molar-refractivity contribution >= 4 is 45.9 Å². The molecule has 0 saturated heterocycles. The maximum Gasteiger partial charge on any atom is 0.332 e. The van der Waals surface area contributed by atoms with Crippen molar-refractivity contribution in [2.24, 2.45) is 7.05 Å². The lowest BCUT2D eigenvalue weighted by atomic mass is 10.2. The number of nitrogens with two attached hydrogens (primary N) is 1. The van der Waals surface area contributed by atoms with Crippen molar-refractivity contribution in [3.05, 3.63) is 60.0 Å². The summed E-state index contributed by atoms with van der Waals surface area (Å²) in [6.07, 6.45) is 0.606. The van der Waals surface area contributed by atoms with E-state index in [0.717, 1.165) is 16.3 Å². The highest BCUT2D eigenvalue weighted by Crippen LogP contribution is 2.23. The van der Waals surface area contributed by atoms with E-state index in [1.807, 2.05) is 20.8 Å². The van der Waals surface area contributed by atoms with Crippen LogP contribution in [0.2, 0.25) is 5.02 Å². The number of hydrogen-bond acceptors (Lipinski definition) is 7. The molecule has 0 aliphatic rings. The molecule has 0 amide bonds. The summed E-state index contributed by atoms with van der Waals surface area (Å²) < 4.78 is 3.59. The van der Waals surface area contributed by atoms with Crippen LogP contribution in [0.25, 0.3) is 10.9 Å². The first-order chi connectivity index (χ1) is 15.1. The number of benzene rings is 1. The number of nitrogens with zero attached hydrogens (tertiary/aromatic N) is 4. The highest BCUT2D eigenvalue weighted by Gasteiger charge is 2.23. The number of ketones is 1. The Kier molecular flexibility index (Phi) is 6.94. The third-order valence-corrected chi connectivity index (χ3v) is 6.18. The Hall–Kier alpha value is -2.85. The van der Waals surface area contributed by atoms with Crippen molar-refractivity contribution in [2.45, 2.75) is 44.9 Å². The van der Waals surface area contributed by atoms with Crippen molar-refractivity contribution < 1.29 is 4.79 Å². The second-order valence-corrected chi connectivity index (χ2v) is 8.97. The van der Waals surface area contributed by atoms with Crippen LogP contribution in [-0.2, 0) is 13.6 Å². The van der Waals surface area contributed by atoms with Crippen LogP contribution >= 0.6 is 23.4 Å². The Morgan fingerprint density at radius 1 is 1.22 bits per heavy atom. The number of anilines is 1. The van der Waals surface area contributed by atoms with Crippen LogP contribution in [0, 0.1) is 0 Å². The van der Waals surface area contributed by atoms with Gasteiger partial charge in [-0.2, -0.15) is 0 Å². The minimum absolute atomic E-state index is 0.148. The van der Waals surface area contributed by atoms with Gasteiger partial charge in [-0.15, -0.1) is 0 Å². The van der Waals surface area contributed by atoms with Gasteiger partial charge in [0.05, 0.1) is 16.7 Å². The first kappa shape index (κ1) is 23.8. The van der Waals surface area contributed by atoms with Crippen molar-refractivity contribution in [1.82, 2.24) is 18.7 Å². The van der Waals surface area contributed by atoms with E-state index in [0.29, 0.717) is 27.5 Å². The molecule has 0 spiro atoms. The van der Waals surface area contributed by atoms with E-state index < -0.39 is 17.0 Å². The van der Waals surface area contributed by atoms with Crippen LogP contribution in [0.3, 0.4) is 0 Å². The van der Waals surface area contributed by atoms with Gasteiger partial charge in [-0.1, -0.05) is 30.3 Å². The lowest BCUT2D eigenvalue weighted by molar-refractivity contribution is 0.102. The number of hydrogen-bond donors (Lipinski definition) is 1. The highest BCUT2D eigenvalue weighted by atomic mass is 35.5. The molecule has 0 atom stereocenters. The van der Waals surface area contributed by atoms with Crippen molar-refractivity contribution in [3.8, 4) is 0 Å². The average molecular weight is 478 g/mol. The number of carbonyl (C=O) groups excluding carboxylic acids is 1. The monoisotopic (exact) mass is 477 g/mol. The molecule has 0 fully saturated rings. The number of Topliss-reactive ketones (excluding diaryl/α,β-unsaturated/α-hetero) is 1. The van der Waals surface area contributed by atoms with Gasteiger partial charge in [-0.3, -0.25) is 28.1 Å². The molecule has 9 nitrogen and oxygen atoms in total. The van der Waals surface area contributed by atoms with Crippen molar-refractivity contribution in [3.63, 3.8) is 0 Å². The number of fused-ring (bicyclic) bond motifs is 1. The first-order valence-electron chi connectivity index (χ1n) is 10.1. The molecule has 0 radical (unpaired) electrons. The highest BCUT2D eigenvalue weighted by molar-refractivity contribution is 7.99. The first-order valence-corrected chi connectivity index (χ1v) is 11.4. The van der Waals surface area contributed by atoms with Crippen LogP contribution < -0.4 is 22.5 Å². The number of thioether (sulfide) groups is 1. The summed E-state index contributed by atoms with van der Waals surface area (Å²) in [5, 5.41) is 1.18. The maximum atomic E-state index is 13.0. The van der Waals surface area contributed by atoms with E-state index in [1.54, 1.807) is 18.2 Å². The predicted octanol–water partition coefficient (Wildman–Crippen LogP) is 2.46. The topological polar surface area (TPSA) is 122 Å². The summed E-state index contributed by atoms with van der Waals surface area (Å²) in [7, 11) is 1.31. The standard InChI is InChI=1S/C21H24ClN5O4S/c1-5-8-26-17(23)16(19(30)25(4)21(26)31)15(28)10-32-20-24-14-9-12(22)6-7-13(14)18(29)27(20)11(2)3/h6-7,9,11H,5,8,10,23H2,1-4H3. The van der Waals surface area contributed by atoms with Gasteiger partial charge < -0.3 is 5.73 Å². The van der Waals surface area contributed by atoms with E-state index in [-0.39, 0.29) is 35.3 Å². The minimum Gasteiger partial charge on any atom is -0.384 e. The summed E-state index contributed by atoms with van der Waals surface area (Å²) in [5.41, 5.74) is 4.65. The van der Waals surface area contributed by atoms with E-state index in [4.69, 9.17) is 17.3 Å². The van der Waals surface area contributed by atoms with Gasteiger partial charge in [-0.25, -0.2) is 9.78 Å². The van der Waals surface area contributed by atoms with Gasteiger partial charge in [0.25, 0.3) is 11.1 Å². The lowest BCUT2D eigenvalue weighted by Gasteiger charge is -2.16. The molecule has 0 aliphatic carbocycles. The molecule has 3 rings (SSSR count). The Morgan fingerprint density at radius 3 is 2.53 bits per heavy atom. The SMILES string of the molecule is CCCn1c(N)c(C(=O)CSc2nc3cc(Cl)ccc3c(=O)n2C(C)C)c(=O)n(C)c1=O. The largest absolute Gasteiger partial charge is 0.384 e. The Bertz CT molecular complexity index is 1390. The molecular formula is C21H24ClN5O4S. The van der Waals surface area contributed by atoms with Crippen molar-refractivity contribution in [1.29, 1.82) is 0 Å². The molecule has 3 aromatic rings. The summed E-state index contributed by atoms with van der Waals surface area (Å²) in [4.78, 5) is 55.5. The second kappa shape index (κ2) is 9.33. The van der Waals surface area contributed by atoms with Crippen LogP contribution in [0.5, 0.6) is 0 Å². The van der Waals surface area contributed by atoms with Crippen LogP contribution in [0.4, 0.5) is 5.82 Å². The zero-order valence-electron chi connectivity index (χ0n) is 18.2. The van der Waals surface area contributed by atoms with Crippen molar-refractivity contribution in [2.75, 3.05) is 11.5 Å². The van der Waals surface area contributed by atoms with E-state index in [2.05, 4.69) is 4.98 Å². The molecule has 2 aromatic heterocycles. The zero-order chi connectivity index (χ0) is 23.7. The minimum atomic E-state index is -0.745. The van der Waals surface area contributed by atoms with E-state index in [9.17, 15) is 19.2 Å². The van der Waals surface area contributed by atoms with Gasteiger partial charge in [0.15, 0.2) is 10.9 Å². The molecule has 32 heavy (non-hydrogen) atoms. The zero-order valence-corrected chi connectivity index (χ0v) is 19.8. The van der Waals surface area contributed by atoms with Gasteiger partial charge in [0.1, 0.15) is 11.4 Å². The van der Waals surface area contributed by atoms with E-state index in [1.165, 1.54) is 16.2 Å². The molecule has 2 heterocycles. The predicted molar refractivity (Wildman–Crippen MR) is 127 cm³/mol. The van der Waals surface area contributed by atoms with Gasteiger partial charge in [0, 0.05) is 24.7 Å². The number of carbonyl (C=O) groups is 1. The lowest BCUT2D eigenvalue weighted by Crippen LogP contribution is -2.42. The molecule has 0 saturated carbocycles. The Morgan fingerprint density at radius 2 is 1.91 bits per heavy atom. The molecule has 2 N–H and O–H groups in total. The normalized spacial score (nSPS) is 11.4. The van der Waals surface area contributed by atoms with Crippen LogP contribution in [0.1, 0.15) is 43.6 Å².